The van der Waals surface area contributed by atoms with Gasteiger partial charge in [0.15, 0.2) is 15.0 Å². The van der Waals surface area contributed by atoms with E-state index in [1.165, 1.54) is 35.6 Å². The first kappa shape index (κ1) is 21.8. The second kappa shape index (κ2) is 8.63. The Morgan fingerprint density at radius 3 is 2.43 bits per heavy atom. The fraction of sp³-hybridized carbons (Fsp3) is 0.250. The van der Waals surface area contributed by atoms with Crippen molar-refractivity contribution in [3.63, 3.8) is 0 Å². The Labute approximate surface area is 193 Å². The molecule has 2 heterocycles. The van der Waals surface area contributed by atoms with Crippen LogP contribution in [-0.2, 0) is 9.84 Å². The van der Waals surface area contributed by atoms with Crippen LogP contribution in [0.15, 0.2) is 46.7 Å². The second-order valence-electron chi connectivity index (χ2n) is 6.95. The number of nitrogens with zero attached hydrogens (tertiary/aromatic N) is 2. The molecule has 1 saturated heterocycles. The van der Waals surface area contributed by atoms with E-state index in [0.717, 1.165) is 10.7 Å². The van der Waals surface area contributed by atoms with Crippen LogP contribution in [0.3, 0.4) is 0 Å². The molecule has 0 aliphatic carbocycles. The van der Waals surface area contributed by atoms with E-state index in [4.69, 9.17) is 34.8 Å². The molecule has 4 nitrogen and oxygen atoms in total. The molecule has 1 aliphatic heterocycles. The Balaban J connectivity index is 1.47. The minimum absolute atomic E-state index is 0.0499. The lowest BCUT2D eigenvalue weighted by atomic mass is 10.1. The van der Waals surface area contributed by atoms with Gasteiger partial charge in [-0.2, -0.15) is 0 Å². The summed E-state index contributed by atoms with van der Waals surface area (Å²) in [6, 6.07) is 8.94. The molecule has 0 saturated carbocycles. The molecule has 2 aromatic carbocycles. The summed E-state index contributed by atoms with van der Waals surface area (Å²) in [4.78, 5) is 6.81. The molecule has 1 aromatic heterocycles. The molecule has 30 heavy (non-hydrogen) atoms. The zero-order valence-electron chi connectivity index (χ0n) is 15.5. The maximum atomic E-state index is 13.4. The predicted octanol–water partition coefficient (Wildman–Crippen LogP) is 6.35. The maximum Gasteiger partial charge on any atom is 0.185 e. The van der Waals surface area contributed by atoms with E-state index in [9.17, 15) is 12.8 Å². The van der Waals surface area contributed by atoms with Crippen molar-refractivity contribution in [1.82, 2.24) is 4.98 Å². The van der Waals surface area contributed by atoms with Crippen molar-refractivity contribution in [3.05, 3.63) is 62.7 Å². The van der Waals surface area contributed by atoms with E-state index >= 15 is 0 Å². The van der Waals surface area contributed by atoms with Crippen molar-refractivity contribution in [2.75, 3.05) is 18.0 Å². The Morgan fingerprint density at radius 1 is 1.03 bits per heavy atom. The molecule has 0 spiro atoms. The highest BCUT2D eigenvalue weighted by Gasteiger charge is 2.33. The topological polar surface area (TPSA) is 50.3 Å². The number of sulfone groups is 1. The lowest BCUT2D eigenvalue weighted by Crippen LogP contribution is -2.39. The largest absolute Gasteiger partial charge is 0.348 e. The third-order valence-electron chi connectivity index (χ3n) is 5.06. The quantitative estimate of drug-likeness (QED) is 0.414. The van der Waals surface area contributed by atoms with Gasteiger partial charge in [-0.1, -0.05) is 34.8 Å². The van der Waals surface area contributed by atoms with Crippen LogP contribution in [-0.4, -0.2) is 31.7 Å². The summed E-state index contributed by atoms with van der Waals surface area (Å²) in [5.74, 6) is -0.472. The SMILES string of the molecule is O=S(=O)(c1ccc(Cl)cc1Cl)C1CCN(c2nc(-c3ccc(F)c(Cl)c3)cs2)CC1. The van der Waals surface area contributed by atoms with Crippen molar-refractivity contribution < 1.29 is 12.8 Å². The van der Waals surface area contributed by atoms with Crippen molar-refractivity contribution in [1.29, 1.82) is 0 Å². The number of benzene rings is 2. The number of aromatic nitrogens is 1. The van der Waals surface area contributed by atoms with Crippen LogP contribution in [0.25, 0.3) is 11.3 Å². The first-order valence-corrected chi connectivity index (χ1v) is 12.7. The number of hydrogen-bond acceptors (Lipinski definition) is 5. The van der Waals surface area contributed by atoms with E-state index in [1.54, 1.807) is 12.1 Å². The zero-order valence-corrected chi connectivity index (χ0v) is 19.4. The second-order valence-corrected chi connectivity index (χ2v) is 11.2. The Bertz CT molecular complexity index is 1190. The van der Waals surface area contributed by atoms with Gasteiger partial charge in [0.2, 0.25) is 0 Å². The summed E-state index contributed by atoms with van der Waals surface area (Å²) in [5, 5.41) is 2.76. The van der Waals surface area contributed by atoms with Gasteiger partial charge in [-0.05, 0) is 49.2 Å². The van der Waals surface area contributed by atoms with Gasteiger partial charge in [0, 0.05) is 29.1 Å². The van der Waals surface area contributed by atoms with Crippen LogP contribution < -0.4 is 4.90 Å². The summed E-state index contributed by atoms with van der Waals surface area (Å²) < 4.78 is 39.4. The van der Waals surface area contributed by atoms with Crippen LogP contribution in [0, 0.1) is 5.82 Å². The Kier molecular flexibility index (Phi) is 6.28. The van der Waals surface area contributed by atoms with Gasteiger partial charge >= 0.3 is 0 Å². The summed E-state index contributed by atoms with van der Waals surface area (Å²) in [5.41, 5.74) is 1.44. The molecule has 0 radical (unpaired) electrons. The van der Waals surface area contributed by atoms with E-state index < -0.39 is 20.9 Å². The molecule has 0 N–H and O–H groups in total. The van der Waals surface area contributed by atoms with Gasteiger partial charge in [0.1, 0.15) is 5.82 Å². The lowest BCUT2D eigenvalue weighted by Gasteiger charge is -2.31. The van der Waals surface area contributed by atoms with E-state index in [-0.39, 0.29) is 14.9 Å². The average molecular weight is 506 g/mol. The van der Waals surface area contributed by atoms with Crippen LogP contribution in [0.2, 0.25) is 15.1 Å². The predicted molar refractivity (Wildman–Crippen MR) is 121 cm³/mol. The average Bonchev–Trinajstić information content (AvgIpc) is 3.20. The number of rotatable bonds is 4. The molecule has 4 rings (SSSR count). The Hall–Kier alpha value is -1.38. The molecule has 0 amide bonds. The number of anilines is 1. The van der Waals surface area contributed by atoms with Gasteiger partial charge in [-0.3, -0.25) is 0 Å². The number of thiazole rings is 1. The van der Waals surface area contributed by atoms with Crippen molar-refractivity contribution >= 4 is 61.1 Å². The fourth-order valence-corrected chi connectivity index (χ4v) is 7.02. The number of halogens is 4. The van der Waals surface area contributed by atoms with E-state index in [0.29, 0.717) is 36.6 Å². The Morgan fingerprint density at radius 2 is 1.77 bits per heavy atom. The third-order valence-corrected chi connectivity index (χ3v) is 9.23. The minimum Gasteiger partial charge on any atom is -0.348 e. The highest BCUT2D eigenvalue weighted by molar-refractivity contribution is 7.92. The molecular weight excluding hydrogens is 490 g/mol. The van der Waals surface area contributed by atoms with E-state index in [2.05, 4.69) is 9.88 Å². The van der Waals surface area contributed by atoms with Gasteiger partial charge < -0.3 is 4.90 Å². The lowest BCUT2D eigenvalue weighted by molar-refractivity contribution is 0.529. The molecule has 10 heteroatoms. The zero-order chi connectivity index (χ0) is 21.5. The molecular formula is C20H16Cl3FN2O2S2. The van der Waals surface area contributed by atoms with Crippen molar-refractivity contribution in [2.45, 2.75) is 23.0 Å². The molecule has 3 aromatic rings. The molecule has 1 fully saturated rings. The van der Waals surface area contributed by atoms with Crippen molar-refractivity contribution in [3.8, 4) is 11.3 Å². The summed E-state index contributed by atoms with van der Waals surface area (Å²) >= 11 is 19.3. The fourth-order valence-electron chi connectivity index (χ4n) is 3.44. The normalized spacial score (nSPS) is 15.5. The van der Waals surface area contributed by atoms with Crippen LogP contribution in [0.1, 0.15) is 12.8 Å². The maximum absolute atomic E-state index is 13.4. The van der Waals surface area contributed by atoms with Crippen LogP contribution in [0.4, 0.5) is 9.52 Å². The highest BCUT2D eigenvalue weighted by atomic mass is 35.5. The smallest absolute Gasteiger partial charge is 0.185 e. The third kappa shape index (κ3) is 4.32. The first-order valence-electron chi connectivity index (χ1n) is 9.10. The van der Waals surface area contributed by atoms with Crippen molar-refractivity contribution in [2.24, 2.45) is 0 Å². The number of hydrogen-bond donors (Lipinski definition) is 0. The van der Waals surface area contributed by atoms with Crippen LogP contribution >= 0.6 is 46.1 Å². The van der Waals surface area contributed by atoms with Crippen LogP contribution in [0.5, 0.6) is 0 Å². The monoisotopic (exact) mass is 504 g/mol. The molecule has 0 unspecified atom stereocenters. The molecule has 0 bridgehead atoms. The minimum atomic E-state index is -3.55. The standard InChI is InChI=1S/C20H16Cl3FN2O2S2/c21-13-2-4-19(16(23)10-13)30(27,28)14-5-7-26(8-6-14)20-25-18(11-29-20)12-1-3-17(24)15(22)9-12/h1-4,9-11,14H,5-8H2. The summed E-state index contributed by atoms with van der Waals surface area (Å²) in [6.45, 7) is 1.12. The van der Waals surface area contributed by atoms with Gasteiger partial charge in [-0.15, -0.1) is 11.3 Å². The van der Waals surface area contributed by atoms with Gasteiger partial charge in [0.05, 0.1) is 25.9 Å². The van der Waals surface area contributed by atoms with Gasteiger partial charge in [0.25, 0.3) is 0 Å². The highest BCUT2D eigenvalue weighted by Crippen LogP contribution is 2.34. The summed E-state index contributed by atoms with van der Waals surface area (Å²) in [6.07, 6.45) is 0.942. The summed E-state index contributed by atoms with van der Waals surface area (Å²) in [7, 11) is -3.55. The first-order chi connectivity index (χ1) is 14.3. The van der Waals surface area contributed by atoms with Gasteiger partial charge in [-0.25, -0.2) is 17.8 Å². The van der Waals surface area contributed by atoms with E-state index in [1.807, 2.05) is 5.38 Å². The number of piperidine rings is 1. The molecule has 0 atom stereocenters. The molecule has 158 valence electrons. The molecule has 1 aliphatic rings.